The number of aryl methyl sites for hydroxylation is 2. The summed E-state index contributed by atoms with van der Waals surface area (Å²) in [6.45, 7) is 3.46. The maximum absolute atomic E-state index is 12.3. The second-order valence-corrected chi connectivity index (χ2v) is 4.65. The van der Waals surface area contributed by atoms with E-state index in [0.29, 0.717) is 28.4 Å². The highest BCUT2D eigenvalue weighted by Gasteiger charge is 2.24. The SMILES string of the molecule is COc1ccccc1NC(=O)C(=O)c1c(C)nn(C)c1C. The molecule has 2 rings (SSSR count). The highest BCUT2D eigenvalue weighted by atomic mass is 16.5. The number of ketones is 1. The molecule has 0 fully saturated rings. The first-order chi connectivity index (χ1) is 9.95. The van der Waals surface area contributed by atoms with Crippen LogP contribution in [-0.4, -0.2) is 28.6 Å². The van der Waals surface area contributed by atoms with Gasteiger partial charge < -0.3 is 10.1 Å². The lowest BCUT2D eigenvalue weighted by Crippen LogP contribution is -2.24. The van der Waals surface area contributed by atoms with Crippen LogP contribution in [0.1, 0.15) is 21.7 Å². The molecule has 0 unspecified atom stereocenters. The fourth-order valence-electron chi connectivity index (χ4n) is 2.14. The maximum atomic E-state index is 12.3. The van der Waals surface area contributed by atoms with Crippen LogP contribution in [0.5, 0.6) is 5.75 Å². The Balaban J connectivity index is 2.26. The first-order valence-corrected chi connectivity index (χ1v) is 6.44. The van der Waals surface area contributed by atoms with E-state index >= 15 is 0 Å². The van der Waals surface area contributed by atoms with Crippen LogP contribution in [0, 0.1) is 13.8 Å². The van der Waals surface area contributed by atoms with Crippen molar-refractivity contribution in [2.45, 2.75) is 13.8 Å². The van der Waals surface area contributed by atoms with Crippen LogP contribution in [0.25, 0.3) is 0 Å². The number of amides is 1. The third-order valence-electron chi connectivity index (χ3n) is 3.30. The van der Waals surface area contributed by atoms with E-state index in [1.807, 2.05) is 0 Å². The summed E-state index contributed by atoms with van der Waals surface area (Å²) in [7, 11) is 3.24. The Hall–Kier alpha value is -2.63. The molecule has 0 saturated carbocycles. The van der Waals surface area contributed by atoms with Gasteiger partial charge in [-0.3, -0.25) is 14.3 Å². The predicted octanol–water partition coefficient (Wildman–Crippen LogP) is 1.87. The predicted molar refractivity (Wildman–Crippen MR) is 78.6 cm³/mol. The molecule has 0 aliphatic heterocycles. The monoisotopic (exact) mass is 287 g/mol. The maximum Gasteiger partial charge on any atom is 0.297 e. The van der Waals surface area contributed by atoms with Crippen molar-refractivity contribution >= 4 is 17.4 Å². The lowest BCUT2D eigenvalue weighted by Gasteiger charge is -2.09. The zero-order valence-electron chi connectivity index (χ0n) is 12.4. The van der Waals surface area contributed by atoms with Gasteiger partial charge in [-0.05, 0) is 26.0 Å². The van der Waals surface area contributed by atoms with Gasteiger partial charge in [0.15, 0.2) is 0 Å². The standard InChI is InChI=1S/C15H17N3O3/c1-9-13(10(2)18(3)17-9)14(19)15(20)16-11-7-5-6-8-12(11)21-4/h5-8H,1-4H3,(H,16,20). The molecular formula is C15H17N3O3. The Bertz CT molecular complexity index is 704. The summed E-state index contributed by atoms with van der Waals surface area (Å²) in [6.07, 6.45) is 0. The largest absolute Gasteiger partial charge is 0.495 e. The lowest BCUT2D eigenvalue weighted by atomic mass is 10.1. The summed E-state index contributed by atoms with van der Waals surface area (Å²) < 4.78 is 6.72. The minimum Gasteiger partial charge on any atom is -0.495 e. The number of hydrogen-bond donors (Lipinski definition) is 1. The van der Waals surface area contributed by atoms with Gasteiger partial charge in [-0.15, -0.1) is 0 Å². The van der Waals surface area contributed by atoms with Crippen molar-refractivity contribution in [2.75, 3.05) is 12.4 Å². The molecule has 0 atom stereocenters. The summed E-state index contributed by atoms with van der Waals surface area (Å²) in [5.41, 5.74) is 1.99. The van der Waals surface area contributed by atoms with Crippen molar-refractivity contribution in [2.24, 2.45) is 7.05 Å². The van der Waals surface area contributed by atoms with Crippen molar-refractivity contribution in [1.29, 1.82) is 0 Å². The van der Waals surface area contributed by atoms with Gasteiger partial charge in [0.05, 0.1) is 24.1 Å². The summed E-state index contributed by atoms with van der Waals surface area (Å²) in [6, 6.07) is 6.92. The van der Waals surface area contributed by atoms with Gasteiger partial charge in [0.25, 0.3) is 11.7 Å². The van der Waals surface area contributed by atoms with Crippen LogP contribution < -0.4 is 10.1 Å². The zero-order chi connectivity index (χ0) is 15.6. The minimum atomic E-state index is -0.710. The van der Waals surface area contributed by atoms with Crippen molar-refractivity contribution < 1.29 is 14.3 Å². The Morgan fingerprint density at radius 3 is 2.48 bits per heavy atom. The number of para-hydroxylation sites is 2. The summed E-state index contributed by atoms with van der Waals surface area (Å²) in [4.78, 5) is 24.4. The van der Waals surface area contributed by atoms with E-state index in [4.69, 9.17) is 4.74 Å². The first-order valence-electron chi connectivity index (χ1n) is 6.44. The van der Waals surface area contributed by atoms with Gasteiger partial charge in [0.1, 0.15) is 5.75 Å². The van der Waals surface area contributed by atoms with Crippen molar-refractivity contribution in [1.82, 2.24) is 9.78 Å². The van der Waals surface area contributed by atoms with E-state index < -0.39 is 11.7 Å². The number of anilines is 1. The Kier molecular flexibility index (Phi) is 4.07. The molecule has 0 aliphatic carbocycles. The van der Waals surface area contributed by atoms with Crippen LogP contribution in [0.15, 0.2) is 24.3 Å². The molecule has 1 amide bonds. The Labute approximate surface area is 122 Å². The molecule has 1 N–H and O–H groups in total. The molecule has 0 spiro atoms. The normalized spacial score (nSPS) is 10.3. The van der Waals surface area contributed by atoms with E-state index in [-0.39, 0.29) is 0 Å². The van der Waals surface area contributed by atoms with Crippen molar-refractivity contribution in [3.63, 3.8) is 0 Å². The number of aromatic nitrogens is 2. The Morgan fingerprint density at radius 1 is 1.24 bits per heavy atom. The highest BCUT2D eigenvalue weighted by molar-refractivity contribution is 6.47. The topological polar surface area (TPSA) is 73.2 Å². The van der Waals surface area contributed by atoms with Gasteiger partial charge in [0.2, 0.25) is 0 Å². The summed E-state index contributed by atoms with van der Waals surface area (Å²) >= 11 is 0. The fourth-order valence-corrected chi connectivity index (χ4v) is 2.14. The van der Waals surface area contributed by atoms with Crippen molar-refractivity contribution in [3.05, 3.63) is 41.2 Å². The van der Waals surface area contributed by atoms with Crippen LogP contribution in [-0.2, 0) is 11.8 Å². The molecule has 110 valence electrons. The minimum absolute atomic E-state index is 0.338. The van der Waals surface area contributed by atoms with E-state index in [2.05, 4.69) is 10.4 Å². The molecule has 21 heavy (non-hydrogen) atoms. The second kappa shape index (κ2) is 5.78. The number of carbonyl (C=O) groups is 2. The third-order valence-corrected chi connectivity index (χ3v) is 3.30. The molecule has 2 aromatic rings. The number of benzene rings is 1. The lowest BCUT2D eigenvalue weighted by molar-refractivity contribution is -0.112. The molecule has 6 nitrogen and oxygen atoms in total. The van der Waals surface area contributed by atoms with E-state index in [1.54, 1.807) is 49.8 Å². The second-order valence-electron chi connectivity index (χ2n) is 4.65. The third kappa shape index (κ3) is 2.79. The molecular weight excluding hydrogens is 270 g/mol. The van der Waals surface area contributed by atoms with Crippen LogP contribution in [0.3, 0.4) is 0 Å². The van der Waals surface area contributed by atoms with Gasteiger partial charge in [-0.1, -0.05) is 12.1 Å². The smallest absolute Gasteiger partial charge is 0.297 e. The first kappa shape index (κ1) is 14.8. The molecule has 0 bridgehead atoms. The van der Waals surface area contributed by atoms with Gasteiger partial charge in [-0.2, -0.15) is 5.10 Å². The average molecular weight is 287 g/mol. The van der Waals surface area contributed by atoms with Crippen LogP contribution >= 0.6 is 0 Å². The summed E-state index contributed by atoms with van der Waals surface area (Å²) in [5, 5.41) is 6.72. The van der Waals surface area contributed by atoms with Crippen LogP contribution in [0.2, 0.25) is 0 Å². The summed E-state index contributed by atoms with van der Waals surface area (Å²) in [5.74, 6) is -0.819. The molecule has 6 heteroatoms. The van der Waals surface area contributed by atoms with Crippen molar-refractivity contribution in [3.8, 4) is 5.75 Å². The van der Waals surface area contributed by atoms with E-state index in [9.17, 15) is 9.59 Å². The van der Waals surface area contributed by atoms with Gasteiger partial charge in [0, 0.05) is 12.7 Å². The van der Waals surface area contributed by atoms with Gasteiger partial charge in [-0.25, -0.2) is 0 Å². The number of methoxy groups -OCH3 is 1. The average Bonchev–Trinajstić information content (AvgIpc) is 2.72. The Morgan fingerprint density at radius 2 is 1.90 bits per heavy atom. The quantitative estimate of drug-likeness (QED) is 0.688. The number of carbonyl (C=O) groups excluding carboxylic acids is 2. The molecule has 1 aromatic carbocycles. The molecule has 1 heterocycles. The number of nitrogens with zero attached hydrogens (tertiary/aromatic N) is 2. The number of ether oxygens (including phenoxy) is 1. The molecule has 0 saturated heterocycles. The zero-order valence-corrected chi connectivity index (χ0v) is 12.4. The molecule has 1 aromatic heterocycles. The number of rotatable bonds is 4. The van der Waals surface area contributed by atoms with E-state index in [0.717, 1.165) is 0 Å². The van der Waals surface area contributed by atoms with Crippen LogP contribution in [0.4, 0.5) is 5.69 Å². The highest BCUT2D eigenvalue weighted by Crippen LogP contribution is 2.23. The molecule has 0 radical (unpaired) electrons. The van der Waals surface area contributed by atoms with E-state index in [1.165, 1.54) is 7.11 Å². The number of Topliss-reactive ketones (excluding diaryl/α,β-unsaturated/α-hetero) is 1. The molecule has 0 aliphatic rings. The fraction of sp³-hybridized carbons (Fsp3) is 0.267. The number of nitrogens with one attached hydrogen (secondary N) is 1. The van der Waals surface area contributed by atoms with Gasteiger partial charge >= 0.3 is 0 Å². The number of hydrogen-bond acceptors (Lipinski definition) is 4.